The van der Waals surface area contributed by atoms with Crippen LogP contribution in [0, 0.1) is 5.41 Å². The number of aliphatic hydroxyl groups excluding tert-OH is 1. The zero-order valence-corrected chi connectivity index (χ0v) is 23.5. The fraction of sp³-hybridized carbons (Fsp3) is 0.500. The first-order chi connectivity index (χ1) is 19.6. The molecule has 0 unspecified atom stereocenters. The molecule has 4 heterocycles. The predicted molar refractivity (Wildman–Crippen MR) is 154 cm³/mol. The standard InChI is InChI=1S/C28H34F2N6O4S/c29-28(30)8-13-35(14-9-28)25-19-31-36-10-3-20(17-24(25)36)32-26(38)22-2-1-21(33-41(39,40)16-15-37)18-23(22)34-11-6-27(4-5-27)7-12-34/h1-3,10,17-19,33,37H,4-9,11-16H2,(H,32,38). The Kier molecular flexibility index (Phi) is 7.05. The number of halogens is 2. The fourth-order valence-electron chi connectivity index (χ4n) is 5.86. The molecule has 3 fully saturated rings. The van der Waals surface area contributed by atoms with E-state index in [0.717, 1.165) is 31.6 Å². The van der Waals surface area contributed by atoms with Gasteiger partial charge in [0, 0.05) is 50.9 Å². The number of aromatic nitrogens is 2. The summed E-state index contributed by atoms with van der Waals surface area (Å²) in [4.78, 5) is 17.6. The maximum atomic E-state index is 13.7. The number of nitrogens with one attached hydrogen (secondary N) is 2. The van der Waals surface area contributed by atoms with Crippen LogP contribution in [0.2, 0.25) is 0 Å². The smallest absolute Gasteiger partial charge is 0.257 e. The molecular weight excluding hydrogens is 554 g/mol. The summed E-state index contributed by atoms with van der Waals surface area (Å²) in [5.74, 6) is -3.42. The largest absolute Gasteiger partial charge is 0.395 e. The van der Waals surface area contributed by atoms with Crippen LogP contribution in [0.25, 0.3) is 5.52 Å². The second-order valence-corrected chi connectivity index (χ2v) is 13.3. The van der Waals surface area contributed by atoms with Gasteiger partial charge >= 0.3 is 0 Å². The summed E-state index contributed by atoms with van der Waals surface area (Å²) < 4.78 is 56.1. The van der Waals surface area contributed by atoms with Gasteiger partial charge in [-0.2, -0.15) is 5.10 Å². The number of carbonyl (C=O) groups is 1. The minimum Gasteiger partial charge on any atom is -0.395 e. The molecule has 3 aliphatic rings. The first kappa shape index (κ1) is 27.7. The highest BCUT2D eigenvalue weighted by Crippen LogP contribution is 2.54. The van der Waals surface area contributed by atoms with Crippen LogP contribution in [0.5, 0.6) is 0 Å². The van der Waals surface area contributed by atoms with Crippen molar-refractivity contribution in [3.63, 3.8) is 0 Å². The summed E-state index contributed by atoms with van der Waals surface area (Å²) in [5.41, 5.74) is 3.76. The summed E-state index contributed by atoms with van der Waals surface area (Å²) in [6.07, 6.45) is 7.45. The number of sulfonamides is 1. The van der Waals surface area contributed by atoms with Crippen molar-refractivity contribution in [2.45, 2.75) is 44.4 Å². The van der Waals surface area contributed by atoms with Crippen molar-refractivity contribution in [3.05, 3.63) is 48.3 Å². The lowest BCUT2D eigenvalue weighted by Gasteiger charge is -2.35. The highest BCUT2D eigenvalue weighted by Gasteiger charge is 2.44. The minimum atomic E-state index is -3.73. The third kappa shape index (κ3) is 5.96. The van der Waals surface area contributed by atoms with E-state index in [1.54, 1.807) is 47.2 Å². The van der Waals surface area contributed by atoms with Crippen LogP contribution in [0.15, 0.2) is 42.7 Å². The Balaban J connectivity index is 1.26. The van der Waals surface area contributed by atoms with Gasteiger partial charge in [0.2, 0.25) is 10.0 Å². The second kappa shape index (κ2) is 10.4. The molecular formula is C28H34F2N6O4S. The molecule has 6 rings (SSSR count). The Morgan fingerprint density at radius 3 is 2.29 bits per heavy atom. The summed E-state index contributed by atoms with van der Waals surface area (Å²) in [7, 11) is -3.73. The van der Waals surface area contributed by atoms with E-state index in [4.69, 9.17) is 5.11 Å². The molecule has 13 heteroatoms. The molecule has 1 spiro atoms. The van der Waals surface area contributed by atoms with E-state index in [9.17, 15) is 22.0 Å². The number of fused-ring (bicyclic) bond motifs is 1. The lowest BCUT2D eigenvalue weighted by molar-refractivity contribution is -0.0220. The molecule has 1 aliphatic carbocycles. The van der Waals surface area contributed by atoms with E-state index in [2.05, 4.69) is 20.0 Å². The Morgan fingerprint density at radius 2 is 1.61 bits per heavy atom. The molecule has 1 amide bonds. The maximum absolute atomic E-state index is 13.7. The molecule has 0 radical (unpaired) electrons. The van der Waals surface area contributed by atoms with E-state index >= 15 is 0 Å². The van der Waals surface area contributed by atoms with E-state index in [1.807, 2.05) is 4.90 Å². The van der Waals surface area contributed by atoms with E-state index in [1.165, 1.54) is 12.8 Å². The van der Waals surface area contributed by atoms with E-state index in [0.29, 0.717) is 33.6 Å². The van der Waals surface area contributed by atoms with Gasteiger partial charge in [-0.15, -0.1) is 0 Å². The van der Waals surface area contributed by atoms with Crippen LogP contribution < -0.4 is 19.8 Å². The molecule has 0 bridgehead atoms. The number of amides is 1. The highest BCUT2D eigenvalue weighted by molar-refractivity contribution is 7.92. The van der Waals surface area contributed by atoms with E-state index < -0.39 is 28.3 Å². The van der Waals surface area contributed by atoms with Crippen LogP contribution >= 0.6 is 0 Å². The number of rotatable bonds is 8. The lowest BCUT2D eigenvalue weighted by atomic mass is 9.93. The van der Waals surface area contributed by atoms with Crippen LogP contribution in [-0.4, -0.2) is 73.5 Å². The number of anilines is 4. The number of aliphatic hydroxyl groups is 1. The Hall–Kier alpha value is -3.45. The Bertz CT molecular complexity index is 1550. The third-order valence-electron chi connectivity index (χ3n) is 8.59. The van der Waals surface area contributed by atoms with Crippen molar-refractivity contribution < 1.29 is 27.1 Å². The number of hydrogen-bond acceptors (Lipinski definition) is 7. The summed E-state index contributed by atoms with van der Waals surface area (Å²) in [6.45, 7) is 1.49. The van der Waals surface area contributed by atoms with Crippen molar-refractivity contribution in [2.75, 3.05) is 58.4 Å². The van der Waals surface area contributed by atoms with Crippen molar-refractivity contribution in [1.82, 2.24) is 9.61 Å². The van der Waals surface area contributed by atoms with Gasteiger partial charge in [0.05, 0.1) is 46.7 Å². The quantitative estimate of drug-likeness (QED) is 0.365. The van der Waals surface area contributed by atoms with Gasteiger partial charge in [0.25, 0.3) is 11.8 Å². The molecule has 2 aliphatic heterocycles. The molecule has 2 saturated heterocycles. The van der Waals surface area contributed by atoms with Crippen LogP contribution in [-0.2, 0) is 10.0 Å². The molecule has 2 aromatic heterocycles. The van der Waals surface area contributed by atoms with Crippen LogP contribution in [0.4, 0.5) is 31.5 Å². The lowest BCUT2D eigenvalue weighted by Crippen LogP contribution is -2.39. The number of carbonyl (C=O) groups excluding carboxylic acids is 1. The summed E-state index contributed by atoms with van der Waals surface area (Å²) in [5, 5.41) is 16.4. The SMILES string of the molecule is O=C(Nc1ccn2ncc(N3CCC(F)(F)CC3)c2c1)c1ccc(NS(=O)(=O)CCO)cc1N1CCC2(CC1)CC2. The van der Waals surface area contributed by atoms with Crippen molar-refractivity contribution in [2.24, 2.45) is 5.41 Å². The molecule has 1 aromatic carbocycles. The van der Waals surface area contributed by atoms with Crippen molar-refractivity contribution in [1.29, 1.82) is 0 Å². The first-order valence-corrected chi connectivity index (χ1v) is 15.6. The Morgan fingerprint density at radius 1 is 0.927 bits per heavy atom. The normalized spacial score (nSPS) is 19.9. The van der Waals surface area contributed by atoms with Gasteiger partial charge in [-0.3, -0.25) is 9.52 Å². The van der Waals surface area contributed by atoms with Gasteiger partial charge in [0.1, 0.15) is 0 Å². The van der Waals surface area contributed by atoms with Crippen LogP contribution in [0.1, 0.15) is 48.9 Å². The number of hydrogen-bond donors (Lipinski definition) is 3. The van der Waals surface area contributed by atoms with Gasteiger partial charge < -0.3 is 20.2 Å². The van der Waals surface area contributed by atoms with Gasteiger partial charge in [0.15, 0.2) is 0 Å². The predicted octanol–water partition coefficient (Wildman–Crippen LogP) is 3.94. The highest BCUT2D eigenvalue weighted by atomic mass is 32.2. The minimum absolute atomic E-state index is 0.215. The number of alkyl halides is 2. The average Bonchev–Trinajstić information content (AvgIpc) is 3.55. The molecule has 1 saturated carbocycles. The Labute approximate surface area is 237 Å². The topological polar surface area (TPSA) is 119 Å². The second-order valence-electron chi connectivity index (χ2n) is 11.4. The number of benzene rings is 1. The number of pyridine rings is 1. The van der Waals surface area contributed by atoms with Gasteiger partial charge in [-0.05, 0) is 61.4 Å². The number of piperidine rings is 2. The van der Waals surface area contributed by atoms with Crippen molar-refractivity contribution in [3.8, 4) is 0 Å². The van der Waals surface area contributed by atoms with Crippen molar-refractivity contribution >= 4 is 44.2 Å². The molecule has 41 heavy (non-hydrogen) atoms. The monoisotopic (exact) mass is 588 g/mol. The first-order valence-electron chi connectivity index (χ1n) is 14.0. The third-order valence-corrected chi connectivity index (χ3v) is 9.86. The fourth-order valence-corrected chi connectivity index (χ4v) is 6.69. The zero-order chi connectivity index (χ0) is 28.8. The molecule has 220 valence electrons. The molecule has 10 nitrogen and oxygen atoms in total. The summed E-state index contributed by atoms with van der Waals surface area (Å²) in [6, 6.07) is 8.34. The molecule has 3 aromatic rings. The number of nitrogens with zero attached hydrogens (tertiary/aromatic N) is 4. The molecule has 3 N–H and O–H groups in total. The van der Waals surface area contributed by atoms with Gasteiger partial charge in [-0.1, -0.05) is 0 Å². The van der Waals surface area contributed by atoms with Gasteiger partial charge in [-0.25, -0.2) is 21.7 Å². The summed E-state index contributed by atoms with van der Waals surface area (Å²) >= 11 is 0. The average molecular weight is 589 g/mol. The zero-order valence-electron chi connectivity index (χ0n) is 22.7. The van der Waals surface area contributed by atoms with Crippen LogP contribution in [0.3, 0.4) is 0 Å². The maximum Gasteiger partial charge on any atom is 0.257 e. The van der Waals surface area contributed by atoms with E-state index in [-0.39, 0.29) is 31.8 Å². The molecule has 0 atom stereocenters.